The van der Waals surface area contributed by atoms with E-state index >= 15 is 0 Å². The Labute approximate surface area is 124 Å². The van der Waals surface area contributed by atoms with Crippen LogP contribution >= 0.6 is 0 Å². The zero-order chi connectivity index (χ0) is 14.8. The lowest BCUT2D eigenvalue weighted by molar-refractivity contribution is 0.0574. The lowest BCUT2D eigenvalue weighted by atomic mass is 10.1. The van der Waals surface area contributed by atoms with Crippen LogP contribution in [0.2, 0.25) is 0 Å². The molecule has 4 nitrogen and oxygen atoms in total. The number of nitrogens with two attached hydrogens (primary N) is 1. The molecule has 0 aromatic heterocycles. The second-order valence-electron chi connectivity index (χ2n) is 6.00. The van der Waals surface area contributed by atoms with Crippen LogP contribution in [0.3, 0.4) is 0 Å². The molecule has 1 heterocycles. The lowest BCUT2D eigenvalue weighted by Gasteiger charge is -2.38. The van der Waals surface area contributed by atoms with Gasteiger partial charge in [-0.05, 0) is 31.0 Å². The molecule has 1 aliphatic carbocycles. The number of carbonyl (C=O) groups excluding carboxylic acids is 1. The van der Waals surface area contributed by atoms with E-state index in [4.69, 9.17) is 5.73 Å². The minimum atomic E-state index is -0.407. The Hall–Kier alpha value is -1.62. The van der Waals surface area contributed by atoms with Crippen LogP contribution < -0.4 is 5.73 Å². The van der Waals surface area contributed by atoms with Crippen molar-refractivity contribution in [2.45, 2.75) is 31.7 Å². The van der Waals surface area contributed by atoms with Crippen LogP contribution in [0.4, 0.5) is 10.1 Å². The molecule has 2 aliphatic rings. The van der Waals surface area contributed by atoms with Crippen molar-refractivity contribution in [1.29, 1.82) is 0 Å². The minimum Gasteiger partial charge on any atom is -0.398 e. The molecule has 2 N–H and O–H groups in total. The maximum atomic E-state index is 13.1. The van der Waals surface area contributed by atoms with Crippen molar-refractivity contribution in [3.63, 3.8) is 0 Å². The van der Waals surface area contributed by atoms with Gasteiger partial charge in [-0.3, -0.25) is 9.69 Å². The summed E-state index contributed by atoms with van der Waals surface area (Å²) in [5.74, 6) is -0.492. The Morgan fingerprint density at radius 1 is 1.14 bits per heavy atom. The van der Waals surface area contributed by atoms with Crippen LogP contribution in [-0.2, 0) is 0 Å². The van der Waals surface area contributed by atoms with E-state index in [0.29, 0.717) is 11.6 Å². The number of rotatable bonds is 2. The highest BCUT2D eigenvalue weighted by atomic mass is 19.1. The van der Waals surface area contributed by atoms with Gasteiger partial charge in [-0.1, -0.05) is 12.8 Å². The van der Waals surface area contributed by atoms with Gasteiger partial charge in [-0.15, -0.1) is 0 Å². The van der Waals surface area contributed by atoms with Gasteiger partial charge >= 0.3 is 0 Å². The Balaban J connectivity index is 1.62. The molecule has 1 saturated carbocycles. The fraction of sp³-hybridized carbons (Fsp3) is 0.562. The average molecular weight is 291 g/mol. The van der Waals surface area contributed by atoms with Crippen molar-refractivity contribution in [1.82, 2.24) is 9.80 Å². The van der Waals surface area contributed by atoms with Gasteiger partial charge < -0.3 is 10.6 Å². The molecule has 114 valence electrons. The number of hydrogen-bond donors (Lipinski definition) is 1. The van der Waals surface area contributed by atoms with Crippen LogP contribution in [0, 0.1) is 5.82 Å². The summed E-state index contributed by atoms with van der Waals surface area (Å²) in [6.45, 7) is 3.31. The Morgan fingerprint density at radius 3 is 2.43 bits per heavy atom. The van der Waals surface area contributed by atoms with Gasteiger partial charge in [0.15, 0.2) is 0 Å². The molecule has 5 heteroatoms. The molecule has 0 spiro atoms. The average Bonchev–Trinajstić information content (AvgIpc) is 3.01. The number of anilines is 1. The highest BCUT2D eigenvalue weighted by molar-refractivity contribution is 5.99. The standard InChI is InChI=1S/C16H22FN3O/c17-12-5-6-14(15(18)11-12)16(21)20-9-7-19(8-10-20)13-3-1-2-4-13/h5-6,11,13H,1-4,7-10,18H2. The number of nitrogen functional groups attached to an aromatic ring is 1. The minimum absolute atomic E-state index is 0.0847. The number of halogens is 1. The zero-order valence-corrected chi connectivity index (χ0v) is 12.2. The van der Waals surface area contributed by atoms with Crippen molar-refractivity contribution >= 4 is 11.6 Å². The molecule has 1 aliphatic heterocycles. The molecule has 0 unspecified atom stereocenters. The van der Waals surface area contributed by atoms with Gasteiger partial charge in [0.1, 0.15) is 5.82 Å². The van der Waals surface area contributed by atoms with Crippen LogP contribution in [0.1, 0.15) is 36.0 Å². The summed E-state index contributed by atoms with van der Waals surface area (Å²) in [6, 6.07) is 4.69. The fourth-order valence-electron chi connectivity index (χ4n) is 3.46. The van der Waals surface area contributed by atoms with Crippen LogP contribution in [0.25, 0.3) is 0 Å². The van der Waals surface area contributed by atoms with Crippen molar-refractivity contribution in [2.75, 3.05) is 31.9 Å². The van der Waals surface area contributed by atoms with Gasteiger partial charge in [-0.2, -0.15) is 0 Å². The van der Waals surface area contributed by atoms with E-state index in [1.54, 1.807) is 0 Å². The maximum Gasteiger partial charge on any atom is 0.256 e. The number of carbonyl (C=O) groups is 1. The first-order valence-corrected chi connectivity index (χ1v) is 7.73. The highest BCUT2D eigenvalue weighted by Gasteiger charge is 2.28. The third-order valence-electron chi connectivity index (χ3n) is 4.69. The van der Waals surface area contributed by atoms with Gasteiger partial charge in [0.25, 0.3) is 5.91 Å². The molecule has 1 saturated heterocycles. The first kappa shape index (κ1) is 14.3. The van der Waals surface area contributed by atoms with Crippen molar-refractivity contribution in [3.05, 3.63) is 29.6 Å². The van der Waals surface area contributed by atoms with E-state index in [-0.39, 0.29) is 11.6 Å². The van der Waals surface area contributed by atoms with Gasteiger partial charge in [0.2, 0.25) is 0 Å². The fourth-order valence-corrected chi connectivity index (χ4v) is 3.46. The molecule has 1 aromatic carbocycles. The summed E-state index contributed by atoms with van der Waals surface area (Å²) < 4.78 is 13.1. The van der Waals surface area contributed by atoms with E-state index in [2.05, 4.69) is 4.90 Å². The van der Waals surface area contributed by atoms with E-state index < -0.39 is 5.82 Å². The predicted octanol–water partition coefficient (Wildman–Crippen LogP) is 2.11. The quantitative estimate of drug-likeness (QED) is 0.849. The number of hydrogen-bond acceptors (Lipinski definition) is 3. The van der Waals surface area contributed by atoms with E-state index in [0.717, 1.165) is 26.2 Å². The molecule has 21 heavy (non-hydrogen) atoms. The number of amides is 1. The summed E-state index contributed by atoms with van der Waals surface area (Å²) >= 11 is 0. The summed E-state index contributed by atoms with van der Waals surface area (Å²) in [5.41, 5.74) is 6.39. The van der Waals surface area contributed by atoms with Crippen molar-refractivity contribution < 1.29 is 9.18 Å². The first-order valence-electron chi connectivity index (χ1n) is 7.73. The molecule has 1 aromatic rings. The molecule has 0 atom stereocenters. The lowest BCUT2D eigenvalue weighted by Crippen LogP contribution is -2.51. The molecule has 3 rings (SSSR count). The Bertz CT molecular complexity index is 520. The van der Waals surface area contributed by atoms with E-state index in [9.17, 15) is 9.18 Å². The molecule has 0 radical (unpaired) electrons. The Kier molecular flexibility index (Phi) is 4.10. The second-order valence-corrected chi connectivity index (χ2v) is 6.00. The zero-order valence-electron chi connectivity index (χ0n) is 12.2. The smallest absolute Gasteiger partial charge is 0.256 e. The molecule has 0 bridgehead atoms. The predicted molar refractivity (Wildman–Crippen MR) is 80.5 cm³/mol. The number of piperazine rings is 1. The molecule has 1 amide bonds. The van der Waals surface area contributed by atoms with Crippen molar-refractivity contribution in [3.8, 4) is 0 Å². The Morgan fingerprint density at radius 2 is 1.81 bits per heavy atom. The second kappa shape index (κ2) is 6.02. The number of nitrogens with zero attached hydrogens (tertiary/aromatic N) is 2. The summed E-state index contributed by atoms with van der Waals surface area (Å²) in [6.07, 6.45) is 5.24. The van der Waals surface area contributed by atoms with Gasteiger partial charge in [-0.25, -0.2) is 4.39 Å². The maximum absolute atomic E-state index is 13.1. The molecule has 2 fully saturated rings. The van der Waals surface area contributed by atoms with E-state index in [1.807, 2.05) is 4.90 Å². The molecular weight excluding hydrogens is 269 g/mol. The van der Waals surface area contributed by atoms with Gasteiger partial charge in [0, 0.05) is 37.9 Å². The highest BCUT2D eigenvalue weighted by Crippen LogP contribution is 2.25. The van der Waals surface area contributed by atoms with Gasteiger partial charge in [0.05, 0.1) is 5.56 Å². The monoisotopic (exact) mass is 291 g/mol. The van der Waals surface area contributed by atoms with Crippen molar-refractivity contribution in [2.24, 2.45) is 0 Å². The SMILES string of the molecule is Nc1cc(F)ccc1C(=O)N1CCN(C2CCCC2)CC1. The van der Waals surface area contributed by atoms with Crippen LogP contribution in [0.5, 0.6) is 0 Å². The third kappa shape index (κ3) is 3.02. The summed E-state index contributed by atoms with van der Waals surface area (Å²) in [7, 11) is 0. The van der Waals surface area contributed by atoms with E-state index in [1.165, 1.54) is 43.9 Å². The first-order chi connectivity index (χ1) is 10.1. The molecular formula is C16H22FN3O. The third-order valence-corrected chi connectivity index (χ3v) is 4.69. The largest absolute Gasteiger partial charge is 0.398 e. The summed E-state index contributed by atoms with van der Waals surface area (Å²) in [4.78, 5) is 16.8. The van der Waals surface area contributed by atoms with Crippen LogP contribution in [-0.4, -0.2) is 47.9 Å². The topological polar surface area (TPSA) is 49.6 Å². The summed E-state index contributed by atoms with van der Waals surface area (Å²) in [5, 5.41) is 0. The van der Waals surface area contributed by atoms with Crippen LogP contribution in [0.15, 0.2) is 18.2 Å². The normalized spacial score (nSPS) is 20.9. The number of benzene rings is 1.